The molecule has 6 atom stereocenters. The predicted octanol–water partition coefficient (Wildman–Crippen LogP) is 1.81. The SMILES string of the molecule is O=C1C[C@@H]2C=CCC[C@@H]2O1.O=CC1=C[C@H]2CC(=O)O[C@H]2C1.O=CCC[C@@H]1OC(=O)C[C@@H]1C=O. The molecule has 33 heavy (non-hydrogen) atoms. The van der Waals surface area contributed by atoms with Crippen molar-refractivity contribution in [3.05, 3.63) is 23.8 Å². The summed E-state index contributed by atoms with van der Waals surface area (Å²) in [5.41, 5.74) is 0.771. The average Bonchev–Trinajstić information content (AvgIpc) is 3.54. The summed E-state index contributed by atoms with van der Waals surface area (Å²) in [5.74, 6) is -0.299. The molecule has 0 amide bonds. The van der Waals surface area contributed by atoms with E-state index in [0.29, 0.717) is 38.0 Å². The van der Waals surface area contributed by atoms with Crippen LogP contribution in [0.25, 0.3) is 0 Å². The van der Waals surface area contributed by atoms with Crippen LogP contribution in [0, 0.1) is 17.8 Å². The Morgan fingerprint density at radius 1 is 0.848 bits per heavy atom. The molecule has 0 bridgehead atoms. The second kappa shape index (κ2) is 11.7. The first-order chi connectivity index (χ1) is 15.9. The Hall–Kier alpha value is -3.10. The van der Waals surface area contributed by atoms with E-state index in [1.165, 1.54) is 0 Å². The minimum atomic E-state index is -0.375. The third-order valence-electron chi connectivity index (χ3n) is 6.25. The van der Waals surface area contributed by atoms with Crippen LogP contribution in [0.15, 0.2) is 23.8 Å². The van der Waals surface area contributed by atoms with Crippen molar-refractivity contribution in [1.29, 1.82) is 0 Å². The lowest BCUT2D eigenvalue weighted by molar-refractivity contribution is -0.142. The molecule has 0 saturated carbocycles. The fourth-order valence-corrected chi connectivity index (χ4v) is 4.54. The molecule has 0 spiro atoms. The van der Waals surface area contributed by atoms with Crippen LogP contribution in [0.3, 0.4) is 0 Å². The predicted molar refractivity (Wildman–Crippen MR) is 112 cm³/mol. The van der Waals surface area contributed by atoms with E-state index in [1.54, 1.807) is 0 Å². The van der Waals surface area contributed by atoms with Crippen molar-refractivity contribution in [3.63, 3.8) is 0 Å². The molecule has 0 radical (unpaired) electrons. The van der Waals surface area contributed by atoms with Crippen molar-refractivity contribution < 1.29 is 43.0 Å². The molecule has 9 heteroatoms. The van der Waals surface area contributed by atoms with Crippen molar-refractivity contribution in [1.82, 2.24) is 0 Å². The molecule has 0 aromatic carbocycles. The van der Waals surface area contributed by atoms with Crippen molar-refractivity contribution in [2.75, 3.05) is 0 Å². The highest BCUT2D eigenvalue weighted by Gasteiger charge is 2.38. The third-order valence-corrected chi connectivity index (χ3v) is 6.25. The van der Waals surface area contributed by atoms with Gasteiger partial charge in [0.05, 0.1) is 25.2 Å². The largest absolute Gasteiger partial charge is 0.462 e. The van der Waals surface area contributed by atoms with E-state index in [1.807, 2.05) is 6.08 Å². The summed E-state index contributed by atoms with van der Waals surface area (Å²) >= 11 is 0. The molecular formula is C24H28O9. The molecule has 3 saturated heterocycles. The number of carbonyl (C=O) groups is 6. The molecule has 3 fully saturated rings. The Kier molecular flexibility index (Phi) is 8.68. The number of fused-ring (bicyclic) bond motifs is 2. The number of hydrogen-bond donors (Lipinski definition) is 0. The van der Waals surface area contributed by atoms with Gasteiger partial charge in [-0.2, -0.15) is 0 Å². The Balaban J connectivity index is 0.000000140. The summed E-state index contributed by atoms with van der Waals surface area (Å²) in [6.07, 6.45) is 12.9. The fraction of sp³-hybridized carbons (Fsp3) is 0.583. The van der Waals surface area contributed by atoms with Gasteiger partial charge in [-0.05, 0) is 24.8 Å². The maximum absolute atomic E-state index is 10.8. The lowest BCUT2D eigenvalue weighted by atomic mass is 9.92. The van der Waals surface area contributed by atoms with Gasteiger partial charge in [0.15, 0.2) is 0 Å². The van der Waals surface area contributed by atoms with E-state index in [9.17, 15) is 28.8 Å². The number of allylic oxidation sites excluding steroid dienone is 1. The highest BCUT2D eigenvalue weighted by atomic mass is 16.6. The van der Waals surface area contributed by atoms with Gasteiger partial charge in [0.1, 0.15) is 37.2 Å². The maximum Gasteiger partial charge on any atom is 0.306 e. The van der Waals surface area contributed by atoms with Crippen molar-refractivity contribution >= 4 is 36.8 Å². The first-order valence-corrected chi connectivity index (χ1v) is 11.2. The highest BCUT2D eigenvalue weighted by Crippen LogP contribution is 2.34. The zero-order chi connectivity index (χ0) is 23.8. The molecule has 0 unspecified atom stereocenters. The molecule has 0 aromatic heterocycles. The second-order valence-corrected chi connectivity index (χ2v) is 8.64. The molecule has 9 nitrogen and oxygen atoms in total. The smallest absolute Gasteiger partial charge is 0.306 e. The van der Waals surface area contributed by atoms with Gasteiger partial charge in [-0.3, -0.25) is 19.2 Å². The minimum Gasteiger partial charge on any atom is -0.462 e. The molecule has 3 heterocycles. The number of aldehydes is 3. The van der Waals surface area contributed by atoms with E-state index in [4.69, 9.17) is 14.2 Å². The highest BCUT2D eigenvalue weighted by molar-refractivity contribution is 5.78. The molecule has 0 aromatic rings. The van der Waals surface area contributed by atoms with Crippen molar-refractivity contribution in [2.45, 2.75) is 69.7 Å². The van der Waals surface area contributed by atoms with Gasteiger partial charge in [0.25, 0.3) is 0 Å². The lowest BCUT2D eigenvalue weighted by Crippen LogP contribution is -2.17. The molecule has 3 aliphatic heterocycles. The molecule has 5 rings (SSSR count). The zero-order valence-corrected chi connectivity index (χ0v) is 18.3. The van der Waals surface area contributed by atoms with Crippen LogP contribution >= 0.6 is 0 Å². The summed E-state index contributed by atoms with van der Waals surface area (Å²) in [7, 11) is 0. The van der Waals surface area contributed by atoms with E-state index in [2.05, 4.69) is 12.2 Å². The van der Waals surface area contributed by atoms with Gasteiger partial charge in [0, 0.05) is 24.7 Å². The zero-order valence-electron chi connectivity index (χ0n) is 18.3. The Bertz CT molecular complexity index is 843. The van der Waals surface area contributed by atoms with Gasteiger partial charge in [-0.15, -0.1) is 0 Å². The van der Waals surface area contributed by atoms with Crippen LogP contribution in [-0.2, 0) is 43.0 Å². The Labute approximate surface area is 191 Å². The van der Waals surface area contributed by atoms with Gasteiger partial charge >= 0.3 is 17.9 Å². The first kappa shape index (κ1) is 24.5. The summed E-state index contributed by atoms with van der Waals surface area (Å²) in [6, 6.07) is 0. The number of carbonyl (C=O) groups excluding carboxylic acids is 6. The normalized spacial score (nSPS) is 33.1. The van der Waals surface area contributed by atoms with Crippen molar-refractivity contribution in [3.8, 4) is 0 Å². The van der Waals surface area contributed by atoms with Gasteiger partial charge in [0.2, 0.25) is 0 Å². The summed E-state index contributed by atoms with van der Waals surface area (Å²) < 4.78 is 14.9. The molecule has 178 valence electrons. The second-order valence-electron chi connectivity index (χ2n) is 8.64. The topological polar surface area (TPSA) is 130 Å². The first-order valence-electron chi connectivity index (χ1n) is 11.2. The van der Waals surface area contributed by atoms with E-state index in [0.717, 1.165) is 37.3 Å². The van der Waals surface area contributed by atoms with Crippen LogP contribution in [0.5, 0.6) is 0 Å². The molecular weight excluding hydrogens is 432 g/mol. The lowest BCUT2D eigenvalue weighted by Gasteiger charge is -2.16. The third kappa shape index (κ3) is 6.69. The molecule has 0 N–H and O–H groups in total. The Morgan fingerprint density at radius 3 is 2.18 bits per heavy atom. The number of rotatable bonds is 5. The van der Waals surface area contributed by atoms with Gasteiger partial charge in [-0.25, -0.2) is 0 Å². The summed E-state index contributed by atoms with van der Waals surface area (Å²) in [6.45, 7) is 0. The van der Waals surface area contributed by atoms with Crippen LogP contribution in [0.2, 0.25) is 0 Å². The monoisotopic (exact) mass is 460 g/mol. The van der Waals surface area contributed by atoms with Crippen LogP contribution in [0.1, 0.15) is 51.4 Å². The van der Waals surface area contributed by atoms with Crippen LogP contribution in [0.4, 0.5) is 0 Å². The summed E-state index contributed by atoms with van der Waals surface area (Å²) in [4.78, 5) is 62.9. The van der Waals surface area contributed by atoms with E-state index < -0.39 is 0 Å². The average molecular weight is 460 g/mol. The van der Waals surface area contributed by atoms with Gasteiger partial charge in [-0.1, -0.05) is 18.2 Å². The maximum atomic E-state index is 10.8. The van der Waals surface area contributed by atoms with Crippen LogP contribution < -0.4 is 0 Å². The molecule has 2 aliphatic carbocycles. The number of ether oxygens (including phenoxy) is 3. The number of hydrogen-bond acceptors (Lipinski definition) is 9. The summed E-state index contributed by atoms with van der Waals surface area (Å²) in [5, 5.41) is 0. The number of esters is 3. The number of cyclic esters (lactones) is 1. The van der Waals surface area contributed by atoms with E-state index in [-0.39, 0.29) is 54.5 Å². The van der Waals surface area contributed by atoms with Gasteiger partial charge < -0.3 is 23.8 Å². The minimum absolute atomic E-state index is 0.0263. The van der Waals surface area contributed by atoms with E-state index >= 15 is 0 Å². The molecule has 5 aliphatic rings. The standard InChI is InChI=1S/C8H10O4.C8H8O3.C8H10O2/c9-3-1-2-7-6(5-10)4-8(11)12-7;9-4-5-1-6-3-8(10)11-7(6)2-5;9-8-5-6-3-1-2-4-7(6)10-8/h3,5-7H,1-2,4H2;1,4,6-7H,2-3H2;1,3,6-7H,2,4-5H2/t6-,7+;2*6-,7-/m100/s1. The fourth-order valence-electron chi connectivity index (χ4n) is 4.54. The van der Waals surface area contributed by atoms with Crippen LogP contribution in [-0.4, -0.2) is 55.1 Å². The quantitative estimate of drug-likeness (QED) is 0.261. The van der Waals surface area contributed by atoms with Crippen molar-refractivity contribution in [2.24, 2.45) is 17.8 Å². The Morgan fingerprint density at radius 2 is 1.55 bits per heavy atom.